The zero-order chi connectivity index (χ0) is 15.4. The molecule has 1 aliphatic rings. The molecule has 118 valence electrons. The van der Waals surface area contributed by atoms with Crippen LogP contribution in [0.3, 0.4) is 0 Å². The van der Waals surface area contributed by atoms with Crippen LogP contribution in [-0.4, -0.2) is 35.7 Å². The van der Waals surface area contributed by atoms with Crippen LogP contribution < -0.4 is 0 Å². The van der Waals surface area contributed by atoms with E-state index in [0.717, 1.165) is 25.9 Å². The Morgan fingerprint density at radius 1 is 1.32 bits per heavy atom. The smallest absolute Gasteiger partial charge is 0.0795 e. The van der Waals surface area contributed by atoms with Crippen LogP contribution in [0.5, 0.6) is 0 Å². The average molecular weight is 316 g/mol. The molecule has 0 saturated carbocycles. The van der Waals surface area contributed by atoms with Crippen LogP contribution >= 0.6 is 11.3 Å². The van der Waals surface area contributed by atoms with Crippen molar-refractivity contribution >= 4 is 11.3 Å². The number of benzene rings is 1. The predicted molar refractivity (Wildman–Crippen MR) is 91.2 cm³/mol. The number of aryl methyl sites for hydroxylation is 1. The summed E-state index contributed by atoms with van der Waals surface area (Å²) in [6, 6.07) is 9.33. The number of thiazole rings is 1. The van der Waals surface area contributed by atoms with Gasteiger partial charge in [-0.3, -0.25) is 4.90 Å². The van der Waals surface area contributed by atoms with Crippen LogP contribution in [0.2, 0.25) is 0 Å². The molecule has 1 aliphatic heterocycles. The summed E-state index contributed by atoms with van der Waals surface area (Å²) in [7, 11) is 1.85. The quantitative estimate of drug-likeness (QED) is 0.841. The second-order valence-corrected chi connectivity index (χ2v) is 6.84. The van der Waals surface area contributed by atoms with Crippen molar-refractivity contribution in [1.82, 2.24) is 9.88 Å². The van der Waals surface area contributed by atoms with E-state index in [-0.39, 0.29) is 0 Å². The molecule has 0 unspecified atom stereocenters. The maximum Gasteiger partial charge on any atom is 0.0795 e. The van der Waals surface area contributed by atoms with Gasteiger partial charge in [-0.2, -0.15) is 0 Å². The average Bonchev–Trinajstić information content (AvgIpc) is 3.04. The number of hydrogen-bond donors (Lipinski definition) is 0. The van der Waals surface area contributed by atoms with Gasteiger partial charge >= 0.3 is 0 Å². The van der Waals surface area contributed by atoms with Crippen molar-refractivity contribution in [2.24, 2.45) is 0 Å². The monoisotopic (exact) mass is 316 g/mol. The van der Waals surface area contributed by atoms with Crippen molar-refractivity contribution in [1.29, 1.82) is 0 Å². The minimum Gasteiger partial charge on any atom is -0.380 e. The molecule has 0 bridgehead atoms. The fraction of sp³-hybridized carbons (Fsp3) is 0.500. The van der Waals surface area contributed by atoms with Crippen molar-refractivity contribution in [2.45, 2.75) is 44.9 Å². The summed E-state index contributed by atoms with van der Waals surface area (Å²) < 4.78 is 5.79. The first-order chi connectivity index (χ1) is 10.8. The van der Waals surface area contributed by atoms with E-state index >= 15 is 0 Å². The zero-order valence-corrected chi connectivity index (χ0v) is 14.2. The van der Waals surface area contributed by atoms with Gasteiger partial charge in [-0.1, -0.05) is 29.8 Å². The van der Waals surface area contributed by atoms with E-state index < -0.39 is 0 Å². The molecule has 0 N–H and O–H groups in total. The molecule has 4 heteroatoms. The summed E-state index contributed by atoms with van der Waals surface area (Å²) in [5.41, 5.74) is 5.80. The summed E-state index contributed by atoms with van der Waals surface area (Å²) in [4.78, 5) is 7.00. The highest BCUT2D eigenvalue weighted by atomic mass is 32.1. The first-order valence-corrected chi connectivity index (χ1v) is 8.90. The zero-order valence-electron chi connectivity index (χ0n) is 13.4. The van der Waals surface area contributed by atoms with Gasteiger partial charge in [0.05, 0.1) is 17.3 Å². The van der Waals surface area contributed by atoms with Gasteiger partial charge in [-0.25, -0.2) is 4.98 Å². The number of likely N-dealkylation sites (tertiary alicyclic amines) is 1. The Balaban J connectivity index is 1.75. The van der Waals surface area contributed by atoms with Gasteiger partial charge in [0, 0.05) is 25.1 Å². The van der Waals surface area contributed by atoms with E-state index in [2.05, 4.69) is 46.5 Å². The van der Waals surface area contributed by atoms with Crippen LogP contribution in [0.25, 0.3) is 0 Å². The lowest BCUT2D eigenvalue weighted by Crippen LogP contribution is -2.49. The van der Waals surface area contributed by atoms with Crippen LogP contribution in [0.4, 0.5) is 0 Å². The number of hydrogen-bond acceptors (Lipinski definition) is 4. The summed E-state index contributed by atoms with van der Waals surface area (Å²) >= 11 is 1.67. The van der Waals surface area contributed by atoms with Crippen molar-refractivity contribution in [3.05, 3.63) is 52.0 Å². The van der Waals surface area contributed by atoms with Crippen LogP contribution in [0.1, 0.15) is 29.7 Å². The minimum absolute atomic E-state index is 0.314. The van der Waals surface area contributed by atoms with E-state index in [1.165, 1.54) is 23.2 Å². The summed E-state index contributed by atoms with van der Waals surface area (Å²) in [6.45, 7) is 4.20. The second-order valence-electron chi connectivity index (χ2n) is 6.12. The first-order valence-electron chi connectivity index (χ1n) is 7.95. The number of aromatic nitrogens is 1. The molecule has 1 fully saturated rings. The molecule has 2 atom stereocenters. The third kappa shape index (κ3) is 3.75. The molecular formula is C18H24N2OS. The normalized spacial score (nSPS) is 22.8. The Morgan fingerprint density at radius 3 is 2.82 bits per heavy atom. The van der Waals surface area contributed by atoms with Gasteiger partial charge in [0.25, 0.3) is 0 Å². The maximum absolute atomic E-state index is 5.79. The third-order valence-corrected chi connectivity index (χ3v) is 5.18. The maximum atomic E-state index is 5.79. The molecule has 0 radical (unpaired) electrons. The summed E-state index contributed by atoms with van der Waals surface area (Å²) in [5.74, 6) is 0. The topological polar surface area (TPSA) is 25.4 Å². The van der Waals surface area contributed by atoms with Gasteiger partial charge in [0.1, 0.15) is 0 Å². The SMILES string of the molecule is CO[C@H]1CCCN(Cc2cscn2)[C@H]1Cc1ccc(C)cc1. The Morgan fingerprint density at radius 2 is 2.14 bits per heavy atom. The van der Waals surface area contributed by atoms with E-state index in [1.54, 1.807) is 11.3 Å². The molecule has 1 saturated heterocycles. The molecule has 1 aromatic carbocycles. The number of piperidine rings is 1. The van der Waals surface area contributed by atoms with Crippen molar-refractivity contribution in [2.75, 3.05) is 13.7 Å². The van der Waals surface area contributed by atoms with Gasteiger partial charge in [-0.15, -0.1) is 11.3 Å². The molecule has 3 rings (SSSR count). The minimum atomic E-state index is 0.314. The first kappa shape index (κ1) is 15.7. The highest BCUT2D eigenvalue weighted by molar-refractivity contribution is 7.07. The number of methoxy groups -OCH3 is 1. The summed E-state index contributed by atoms with van der Waals surface area (Å²) in [5, 5.41) is 2.15. The Kier molecular flexibility index (Phi) is 5.24. The Labute approximate surface area is 137 Å². The standard InChI is InChI=1S/C18H24N2OS/c1-14-5-7-15(8-6-14)10-17-18(21-2)4-3-9-20(17)11-16-12-22-13-19-16/h5-8,12-13,17-18H,3-4,9-11H2,1-2H3/t17-,18-/m0/s1. The third-order valence-electron chi connectivity index (χ3n) is 4.55. The lowest BCUT2D eigenvalue weighted by Gasteiger charge is -2.40. The fourth-order valence-electron chi connectivity index (χ4n) is 3.31. The van der Waals surface area contributed by atoms with E-state index in [9.17, 15) is 0 Å². The summed E-state index contributed by atoms with van der Waals surface area (Å²) in [6.07, 6.45) is 3.71. The lowest BCUT2D eigenvalue weighted by molar-refractivity contribution is -0.0221. The Bertz CT molecular complexity index is 567. The predicted octanol–water partition coefficient (Wildman–Crippen LogP) is 3.67. The van der Waals surface area contributed by atoms with Crippen LogP contribution in [-0.2, 0) is 17.7 Å². The van der Waals surface area contributed by atoms with Crippen molar-refractivity contribution < 1.29 is 4.74 Å². The molecule has 0 aliphatic carbocycles. The number of nitrogens with zero attached hydrogens (tertiary/aromatic N) is 2. The lowest BCUT2D eigenvalue weighted by atomic mass is 9.92. The Hall–Kier alpha value is -1.23. The van der Waals surface area contributed by atoms with Gasteiger partial charge < -0.3 is 4.74 Å². The van der Waals surface area contributed by atoms with Gasteiger partial charge in [-0.05, 0) is 38.3 Å². The molecule has 0 spiro atoms. The highest BCUT2D eigenvalue weighted by Gasteiger charge is 2.31. The second kappa shape index (κ2) is 7.36. The highest BCUT2D eigenvalue weighted by Crippen LogP contribution is 2.25. The largest absolute Gasteiger partial charge is 0.380 e. The van der Waals surface area contributed by atoms with E-state index in [0.29, 0.717) is 12.1 Å². The molecular weight excluding hydrogens is 292 g/mol. The van der Waals surface area contributed by atoms with Gasteiger partial charge in [0.2, 0.25) is 0 Å². The molecule has 3 nitrogen and oxygen atoms in total. The number of rotatable bonds is 5. The van der Waals surface area contributed by atoms with Crippen molar-refractivity contribution in [3.8, 4) is 0 Å². The van der Waals surface area contributed by atoms with E-state index in [1.807, 2.05) is 12.6 Å². The molecule has 1 aromatic heterocycles. The molecule has 2 aromatic rings. The molecule has 2 heterocycles. The fourth-order valence-corrected chi connectivity index (χ4v) is 3.86. The molecule has 22 heavy (non-hydrogen) atoms. The van der Waals surface area contributed by atoms with Crippen LogP contribution in [0, 0.1) is 6.92 Å². The van der Waals surface area contributed by atoms with E-state index in [4.69, 9.17) is 4.74 Å². The van der Waals surface area contributed by atoms with Crippen molar-refractivity contribution in [3.63, 3.8) is 0 Å². The molecule has 0 amide bonds. The van der Waals surface area contributed by atoms with Gasteiger partial charge in [0.15, 0.2) is 0 Å². The number of ether oxygens (including phenoxy) is 1. The van der Waals surface area contributed by atoms with Crippen LogP contribution in [0.15, 0.2) is 35.2 Å².